The zero-order valence-corrected chi connectivity index (χ0v) is 11.7. The van der Waals surface area contributed by atoms with Crippen LogP contribution in [0.1, 0.15) is 37.6 Å². The lowest BCUT2D eigenvalue weighted by molar-refractivity contribution is -0.136. The van der Waals surface area contributed by atoms with Crippen LogP contribution in [0.5, 0.6) is 0 Å². The van der Waals surface area contributed by atoms with Crippen molar-refractivity contribution in [3.05, 3.63) is 29.8 Å². The fraction of sp³-hybridized carbons (Fsp3) is 0.429. The van der Waals surface area contributed by atoms with Gasteiger partial charge in [-0.05, 0) is 18.6 Å². The Hall–Kier alpha value is -1.29. The fourth-order valence-electron chi connectivity index (χ4n) is 1.50. The second-order valence-corrected chi connectivity index (χ2v) is 5.67. The molecule has 1 unspecified atom stereocenters. The van der Waals surface area contributed by atoms with Crippen molar-refractivity contribution in [3.8, 4) is 0 Å². The minimum absolute atomic E-state index is 0.0223. The first-order valence-electron chi connectivity index (χ1n) is 5.99. The number of aliphatic carboxylic acids is 1. The molecule has 0 bridgehead atoms. The van der Waals surface area contributed by atoms with Crippen LogP contribution in [0.3, 0.4) is 0 Å². The van der Waals surface area contributed by atoms with Gasteiger partial charge in [0.25, 0.3) is 0 Å². The van der Waals surface area contributed by atoms with E-state index in [-0.39, 0.29) is 11.7 Å². The molecule has 0 amide bonds. The molecule has 0 aliphatic heterocycles. The molecular weight excluding hydrogens is 248 g/mol. The normalized spacial score (nSPS) is 12.4. The van der Waals surface area contributed by atoms with E-state index in [1.54, 1.807) is 12.1 Å². The van der Waals surface area contributed by atoms with Gasteiger partial charge in [-0.15, -0.1) is 11.8 Å². The summed E-state index contributed by atoms with van der Waals surface area (Å²) >= 11 is 1.31. The molecule has 0 aliphatic carbocycles. The van der Waals surface area contributed by atoms with Crippen LogP contribution < -0.4 is 0 Å². The highest BCUT2D eigenvalue weighted by Gasteiger charge is 2.16. The van der Waals surface area contributed by atoms with Crippen LogP contribution in [0.25, 0.3) is 0 Å². The van der Waals surface area contributed by atoms with Gasteiger partial charge in [0, 0.05) is 16.4 Å². The molecule has 0 radical (unpaired) electrons. The number of ketones is 1. The smallest absolute Gasteiger partial charge is 0.316 e. The molecule has 0 fully saturated rings. The lowest BCUT2D eigenvalue weighted by Crippen LogP contribution is -2.14. The Bertz CT molecular complexity index is 423. The topological polar surface area (TPSA) is 54.4 Å². The van der Waals surface area contributed by atoms with Gasteiger partial charge < -0.3 is 5.11 Å². The Labute approximate surface area is 112 Å². The minimum atomic E-state index is -0.801. The number of carboxylic acid groups (broad SMARTS) is 1. The second-order valence-electron chi connectivity index (χ2n) is 4.40. The maximum atomic E-state index is 11.7. The van der Waals surface area contributed by atoms with Crippen molar-refractivity contribution in [2.75, 3.05) is 0 Å². The molecular formula is C14H18O3S. The predicted molar refractivity (Wildman–Crippen MR) is 73.2 cm³/mol. The summed E-state index contributed by atoms with van der Waals surface area (Å²) in [7, 11) is 0. The van der Waals surface area contributed by atoms with Crippen molar-refractivity contribution in [1.82, 2.24) is 0 Å². The van der Waals surface area contributed by atoms with Crippen LogP contribution in [-0.4, -0.2) is 22.1 Å². The Balaban J connectivity index is 2.77. The maximum Gasteiger partial charge on any atom is 0.316 e. The molecule has 1 rings (SSSR count). The Morgan fingerprint density at radius 3 is 2.17 bits per heavy atom. The fourth-order valence-corrected chi connectivity index (χ4v) is 2.39. The highest BCUT2D eigenvalue weighted by Crippen LogP contribution is 2.26. The summed E-state index contributed by atoms with van der Waals surface area (Å²) in [6.07, 6.45) is 0.576. The van der Waals surface area contributed by atoms with E-state index in [0.717, 1.165) is 4.90 Å². The first-order valence-corrected chi connectivity index (χ1v) is 6.87. The molecule has 1 aromatic rings. The van der Waals surface area contributed by atoms with E-state index >= 15 is 0 Å². The molecule has 1 aromatic carbocycles. The standard InChI is InChI=1S/C14H18O3S/c1-4-12(14(16)17)18-11-7-5-10(6-8-11)13(15)9(2)3/h5-9,12H,4H2,1-3H3,(H,16,17). The van der Waals surface area contributed by atoms with E-state index < -0.39 is 11.2 Å². The monoisotopic (exact) mass is 266 g/mol. The molecule has 0 aromatic heterocycles. The van der Waals surface area contributed by atoms with Gasteiger partial charge in [0.2, 0.25) is 0 Å². The van der Waals surface area contributed by atoms with Gasteiger partial charge >= 0.3 is 5.97 Å². The third kappa shape index (κ3) is 3.88. The molecule has 0 saturated heterocycles. The molecule has 1 atom stereocenters. The highest BCUT2D eigenvalue weighted by molar-refractivity contribution is 8.00. The number of Topliss-reactive ketones (excluding diaryl/α,β-unsaturated/α-hetero) is 1. The number of benzene rings is 1. The van der Waals surface area contributed by atoms with Crippen molar-refractivity contribution >= 4 is 23.5 Å². The van der Waals surface area contributed by atoms with E-state index in [4.69, 9.17) is 5.11 Å². The molecule has 0 heterocycles. The Morgan fingerprint density at radius 2 is 1.78 bits per heavy atom. The highest BCUT2D eigenvalue weighted by atomic mass is 32.2. The molecule has 98 valence electrons. The Kier molecular flexibility index (Phi) is 5.41. The summed E-state index contributed by atoms with van der Waals surface area (Å²) in [5, 5.41) is 8.54. The molecule has 18 heavy (non-hydrogen) atoms. The van der Waals surface area contributed by atoms with E-state index in [9.17, 15) is 9.59 Å². The lowest BCUT2D eigenvalue weighted by Gasteiger charge is -2.10. The van der Waals surface area contributed by atoms with Crippen molar-refractivity contribution in [1.29, 1.82) is 0 Å². The average molecular weight is 266 g/mol. The molecule has 3 nitrogen and oxygen atoms in total. The van der Waals surface area contributed by atoms with Crippen molar-refractivity contribution < 1.29 is 14.7 Å². The van der Waals surface area contributed by atoms with Crippen LogP contribution in [0.4, 0.5) is 0 Å². The summed E-state index contributed by atoms with van der Waals surface area (Å²) in [6.45, 7) is 5.58. The summed E-state index contributed by atoms with van der Waals surface area (Å²) in [6, 6.07) is 7.15. The third-order valence-electron chi connectivity index (χ3n) is 2.59. The van der Waals surface area contributed by atoms with Gasteiger partial charge in [-0.2, -0.15) is 0 Å². The van der Waals surface area contributed by atoms with E-state index in [2.05, 4.69) is 0 Å². The number of rotatable bonds is 6. The molecule has 0 aliphatic rings. The quantitative estimate of drug-likeness (QED) is 0.632. The molecule has 4 heteroatoms. The Morgan fingerprint density at radius 1 is 1.22 bits per heavy atom. The van der Waals surface area contributed by atoms with E-state index in [1.165, 1.54) is 11.8 Å². The molecule has 1 N–H and O–H groups in total. The van der Waals surface area contributed by atoms with Gasteiger partial charge in [0.1, 0.15) is 5.25 Å². The van der Waals surface area contributed by atoms with Gasteiger partial charge in [-0.3, -0.25) is 9.59 Å². The van der Waals surface area contributed by atoms with Gasteiger partial charge in [-0.25, -0.2) is 0 Å². The maximum absolute atomic E-state index is 11.7. The van der Waals surface area contributed by atoms with Gasteiger partial charge in [0.15, 0.2) is 5.78 Å². The lowest BCUT2D eigenvalue weighted by atomic mass is 10.0. The first kappa shape index (κ1) is 14.8. The summed E-state index contributed by atoms with van der Waals surface area (Å²) in [5.41, 5.74) is 0.678. The van der Waals surface area contributed by atoms with E-state index in [0.29, 0.717) is 12.0 Å². The van der Waals surface area contributed by atoms with Crippen LogP contribution in [-0.2, 0) is 4.79 Å². The summed E-state index contributed by atoms with van der Waals surface area (Å²) in [5.74, 6) is -0.715. The number of carbonyl (C=O) groups is 2. The number of carboxylic acids is 1. The third-order valence-corrected chi connectivity index (χ3v) is 3.95. The largest absolute Gasteiger partial charge is 0.480 e. The minimum Gasteiger partial charge on any atom is -0.480 e. The second kappa shape index (κ2) is 6.59. The molecule has 0 spiro atoms. The van der Waals surface area contributed by atoms with Crippen molar-refractivity contribution in [2.45, 2.75) is 37.3 Å². The van der Waals surface area contributed by atoms with E-state index in [1.807, 2.05) is 32.9 Å². The zero-order chi connectivity index (χ0) is 13.7. The average Bonchev–Trinajstić information content (AvgIpc) is 2.35. The van der Waals surface area contributed by atoms with Gasteiger partial charge in [0.05, 0.1) is 0 Å². The van der Waals surface area contributed by atoms with Gasteiger partial charge in [-0.1, -0.05) is 32.9 Å². The predicted octanol–water partition coefficient (Wildman–Crippen LogP) is 3.48. The summed E-state index contributed by atoms with van der Waals surface area (Å²) in [4.78, 5) is 23.5. The number of thioether (sulfide) groups is 1. The zero-order valence-electron chi connectivity index (χ0n) is 10.8. The number of hydrogen-bond acceptors (Lipinski definition) is 3. The van der Waals surface area contributed by atoms with Crippen LogP contribution in [0.2, 0.25) is 0 Å². The van der Waals surface area contributed by atoms with Crippen LogP contribution in [0, 0.1) is 5.92 Å². The van der Waals surface area contributed by atoms with Crippen molar-refractivity contribution in [3.63, 3.8) is 0 Å². The van der Waals surface area contributed by atoms with Crippen molar-refractivity contribution in [2.24, 2.45) is 5.92 Å². The number of carbonyl (C=O) groups excluding carboxylic acids is 1. The first-order chi connectivity index (χ1) is 8.45. The number of hydrogen-bond donors (Lipinski definition) is 1. The summed E-state index contributed by atoms with van der Waals surface area (Å²) < 4.78 is 0. The van der Waals surface area contributed by atoms with Crippen LogP contribution in [0.15, 0.2) is 29.2 Å². The van der Waals surface area contributed by atoms with Crippen LogP contribution >= 0.6 is 11.8 Å². The SMILES string of the molecule is CCC(Sc1ccc(C(=O)C(C)C)cc1)C(=O)O. The molecule has 0 saturated carbocycles.